The third-order valence-electron chi connectivity index (χ3n) is 5.09. The van der Waals surface area contributed by atoms with E-state index in [0.717, 1.165) is 16.9 Å². The van der Waals surface area contributed by atoms with Crippen molar-refractivity contribution in [1.29, 1.82) is 0 Å². The molecule has 0 spiro atoms. The molecule has 0 aromatic heterocycles. The zero-order valence-electron chi connectivity index (χ0n) is 17.2. The fourth-order valence-electron chi connectivity index (χ4n) is 3.61. The van der Waals surface area contributed by atoms with Gasteiger partial charge in [-0.3, -0.25) is 14.5 Å². The molecule has 2 aromatic rings. The van der Waals surface area contributed by atoms with Crippen LogP contribution in [-0.2, 0) is 22.6 Å². The molecule has 160 valence electrons. The zero-order chi connectivity index (χ0) is 21.3. The second-order valence-electron chi connectivity index (χ2n) is 7.25. The summed E-state index contributed by atoms with van der Waals surface area (Å²) in [5.74, 6) is 0.164. The molecular weight excluding hydrogens is 385 g/mol. The molecule has 1 unspecified atom stereocenters. The maximum Gasteiger partial charge on any atom is 0.237 e. The molecule has 1 heterocycles. The topological polar surface area (TPSA) is 70.7 Å². The van der Waals surface area contributed by atoms with Crippen LogP contribution in [0.4, 0.5) is 4.39 Å². The Bertz CT molecular complexity index is 874. The summed E-state index contributed by atoms with van der Waals surface area (Å²) in [6.07, 6.45) is 0.609. The standard InChI is InChI=1S/C23H28FN3O3/c1-2-30-21-9-4-3-7-18(21)16-27-13-12-26-23(29)20(27)15-22(28)25-11-10-17-6-5-8-19(24)14-17/h3-9,14,20H,2,10-13,15-16H2,1H3,(H,25,28)(H,26,29). The van der Waals surface area contributed by atoms with E-state index in [1.54, 1.807) is 6.07 Å². The lowest BCUT2D eigenvalue weighted by molar-refractivity contribution is -0.134. The van der Waals surface area contributed by atoms with Gasteiger partial charge in [0.15, 0.2) is 0 Å². The molecule has 1 fully saturated rings. The summed E-state index contributed by atoms with van der Waals surface area (Å²) in [6, 6.07) is 13.5. The maximum absolute atomic E-state index is 13.3. The van der Waals surface area contributed by atoms with Crippen LogP contribution in [0.5, 0.6) is 5.75 Å². The minimum absolute atomic E-state index is 0.0752. The van der Waals surface area contributed by atoms with E-state index in [0.29, 0.717) is 39.2 Å². The largest absolute Gasteiger partial charge is 0.494 e. The molecule has 0 bridgehead atoms. The number of halogens is 1. The Morgan fingerprint density at radius 2 is 2.10 bits per heavy atom. The molecule has 2 N–H and O–H groups in total. The van der Waals surface area contributed by atoms with Crippen molar-refractivity contribution in [1.82, 2.24) is 15.5 Å². The van der Waals surface area contributed by atoms with Gasteiger partial charge in [0.2, 0.25) is 11.8 Å². The molecule has 0 saturated carbocycles. The molecule has 0 aliphatic carbocycles. The van der Waals surface area contributed by atoms with Gasteiger partial charge in [-0.1, -0.05) is 30.3 Å². The highest BCUT2D eigenvalue weighted by atomic mass is 19.1. The Kier molecular flexibility index (Phi) is 7.79. The van der Waals surface area contributed by atoms with Crippen LogP contribution >= 0.6 is 0 Å². The number of nitrogens with one attached hydrogen (secondary N) is 2. The Labute approximate surface area is 176 Å². The number of para-hydroxylation sites is 1. The van der Waals surface area contributed by atoms with Crippen LogP contribution < -0.4 is 15.4 Å². The van der Waals surface area contributed by atoms with E-state index in [2.05, 4.69) is 10.6 Å². The van der Waals surface area contributed by atoms with E-state index in [9.17, 15) is 14.0 Å². The minimum Gasteiger partial charge on any atom is -0.494 e. The summed E-state index contributed by atoms with van der Waals surface area (Å²) in [7, 11) is 0. The third kappa shape index (κ3) is 6.03. The van der Waals surface area contributed by atoms with Crippen molar-refractivity contribution in [2.45, 2.75) is 32.4 Å². The molecule has 7 heteroatoms. The first-order valence-electron chi connectivity index (χ1n) is 10.3. The molecule has 3 rings (SSSR count). The van der Waals surface area contributed by atoms with Crippen LogP contribution in [0.3, 0.4) is 0 Å². The lowest BCUT2D eigenvalue weighted by atomic mass is 10.1. The minimum atomic E-state index is -0.539. The smallest absolute Gasteiger partial charge is 0.237 e. The third-order valence-corrected chi connectivity index (χ3v) is 5.09. The average molecular weight is 413 g/mol. The van der Waals surface area contributed by atoms with Gasteiger partial charge in [-0.25, -0.2) is 4.39 Å². The van der Waals surface area contributed by atoms with Crippen molar-refractivity contribution >= 4 is 11.8 Å². The maximum atomic E-state index is 13.3. The number of carbonyl (C=O) groups is 2. The number of hydrogen-bond donors (Lipinski definition) is 2. The van der Waals surface area contributed by atoms with Crippen molar-refractivity contribution in [3.63, 3.8) is 0 Å². The van der Waals surface area contributed by atoms with Crippen LogP contribution in [0.1, 0.15) is 24.5 Å². The van der Waals surface area contributed by atoms with E-state index in [4.69, 9.17) is 4.74 Å². The second-order valence-corrected chi connectivity index (χ2v) is 7.25. The second kappa shape index (κ2) is 10.7. The molecule has 1 aliphatic rings. The number of rotatable bonds is 9. The fourth-order valence-corrected chi connectivity index (χ4v) is 3.61. The number of nitrogens with zero attached hydrogens (tertiary/aromatic N) is 1. The molecule has 0 radical (unpaired) electrons. The van der Waals surface area contributed by atoms with Crippen molar-refractivity contribution in [3.05, 3.63) is 65.5 Å². The molecule has 2 aromatic carbocycles. The number of amides is 2. The predicted octanol–water partition coefficient (Wildman–Crippen LogP) is 2.27. The molecular formula is C23H28FN3O3. The van der Waals surface area contributed by atoms with Crippen LogP contribution in [0.15, 0.2) is 48.5 Å². The Hall–Kier alpha value is -2.93. The van der Waals surface area contributed by atoms with E-state index in [-0.39, 0.29) is 24.1 Å². The highest BCUT2D eigenvalue weighted by Gasteiger charge is 2.31. The first kappa shape index (κ1) is 21.8. The predicted molar refractivity (Wildman–Crippen MR) is 113 cm³/mol. The average Bonchev–Trinajstić information content (AvgIpc) is 2.72. The van der Waals surface area contributed by atoms with E-state index >= 15 is 0 Å². The monoisotopic (exact) mass is 413 g/mol. The summed E-state index contributed by atoms with van der Waals surface area (Å²) < 4.78 is 18.9. The highest BCUT2D eigenvalue weighted by Crippen LogP contribution is 2.22. The molecule has 1 atom stereocenters. The Morgan fingerprint density at radius 1 is 1.27 bits per heavy atom. The fraction of sp³-hybridized carbons (Fsp3) is 0.391. The van der Waals surface area contributed by atoms with Crippen molar-refractivity contribution in [2.24, 2.45) is 0 Å². The first-order chi connectivity index (χ1) is 14.6. The molecule has 1 saturated heterocycles. The summed E-state index contributed by atoms with van der Waals surface area (Å²) >= 11 is 0. The lowest BCUT2D eigenvalue weighted by Gasteiger charge is -2.35. The van der Waals surface area contributed by atoms with Gasteiger partial charge in [-0.2, -0.15) is 0 Å². The lowest BCUT2D eigenvalue weighted by Crippen LogP contribution is -2.56. The van der Waals surface area contributed by atoms with Gasteiger partial charge >= 0.3 is 0 Å². The Morgan fingerprint density at radius 3 is 2.90 bits per heavy atom. The van der Waals surface area contributed by atoms with Crippen LogP contribution in [0.25, 0.3) is 0 Å². The van der Waals surface area contributed by atoms with Crippen molar-refractivity contribution in [2.75, 3.05) is 26.2 Å². The first-order valence-corrected chi connectivity index (χ1v) is 10.3. The van der Waals surface area contributed by atoms with E-state index in [1.165, 1.54) is 12.1 Å². The molecule has 1 aliphatic heterocycles. The summed E-state index contributed by atoms with van der Waals surface area (Å²) in [6.45, 7) is 4.63. The summed E-state index contributed by atoms with van der Waals surface area (Å²) in [5.41, 5.74) is 1.81. The van der Waals surface area contributed by atoms with Gasteiger partial charge in [0.1, 0.15) is 11.6 Å². The van der Waals surface area contributed by atoms with Crippen LogP contribution in [-0.4, -0.2) is 49.0 Å². The van der Waals surface area contributed by atoms with Crippen LogP contribution in [0.2, 0.25) is 0 Å². The van der Waals surface area contributed by atoms with Crippen molar-refractivity contribution < 1.29 is 18.7 Å². The van der Waals surface area contributed by atoms with Crippen LogP contribution in [0, 0.1) is 5.82 Å². The number of carbonyl (C=O) groups excluding carboxylic acids is 2. The van der Waals surface area contributed by atoms with Gasteiger partial charge in [0.25, 0.3) is 0 Å². The summed E-state index contributed by atoms with van der Waals surface area (Å²) in [4.78, 5) is 26.9. The van der Waals surface area contributed by atoms with Gasteiger partial charge in [-0.05, 0) is 37.1 Å². The SMILES string of the molecule is CCOc1ccccc1CN1CCNC(=O)C1CC(=O)NCCc1cccc(F)c1. The number of piperazine rings is 1. The van der Waals surface area contributed by atoms with Gasteiger partial charge in [0, 0.05) is 31.7 Å². The molecule has 30 heavy (non-hydrogen) atoms. The number of hydrogen-bond acceptors (Lipinski definition) is 4. The molecule has 2 amide bonds. The highest BCUT2D eigenvalue weighted by molar-refractivity contribution is 5.88. The van der Waals surface area contributed by atoms with E-state index in [1.807, 2.05) is 42.2 Å². The van der Waals surface area contributed by atoms with Gasteiger partial charge in [0.05, 0.1) is 19.1 Å². The quantitative estimate of drug-likeness (QED) is 0.662. The van der Waals surface area contributed by atoms with Gasteiger partial charge < -0.3 is 15.4 Å². The number of benzene rings is 2. The molecule has 6 nitrogen and oxygen atoms in total. The van der Waals surface area contributed by atoms with Crippen molar-refractivity contribution in [3.8, 4) is 5.75 Å². The van der Waals surface area contributed by atoms with E-state index < -0.39 is 6.04 Å². The number of ether oxygens (including phenoxy) is 1. The normalized spacial score (nSPS) is 16.7. The Balaban J connectivity index is 1.58. The zero-order valence-corrected chi connectivity index (χ0v) is 17.2. The van der Waals surface area contributed by atoms with Gasteiger partial charge in [-0.15, -0.1) is 0 Å². The summed E-state index contributed by atoms with van der Waals surface area (Å²) in [5, 5.41) is 5.69.